The minimum atomic E-state index is -3.62. The molecule has 2 aliphatic heterocycles. The molecule has 2 fully saturated rings. The summed E-state index contributed by atoms with van der Waals surface area (Å²) in [4.78, 5) is 12.1. The highest BCUT2D eigenvalue weighted by atomic mass is 32.2. The van der Waals surface area contributed by atoms with Crippen molar-refractivity contribution >= 4 is 16.2 Å². The van der Waals surface area contributed by atoms with E-state index in [-0.39, 0.29) is 18.4 Å². The number of benzene rings is 1. The number of piperidine rings is 1. The maximum absolute atomic E-state index is 13.0. The van der Waals surface area contributed by atoms with Crippen LogP contribution in [-0.2, 0) is 24.5 Å². The summed E-state index contributed by atoms with van der Waals surface area (Å²) in [6.45, 7) is 2.02. The predicted molar refractivity (Wildman–Crippen MR) is 92.2 cm³/mol. The highest BCUT2D eigenvalue weighted by molar-refractivity contribution is 7.86. The van der Waals surface area contributed by atoms with Crippen LogP contribution in [-0.4, -0.2) is 69.5 Å². The maximum Gasteiger partial charge on any atom is 0.310 e. The Labute approximate surface area is 148 Å². The summed E-state index contributed by atoms with van der Waals surface area (Å²) in [6.07, 6.45) is 0.589. The van der Waals surface area contributed by atoms with Gasteiger partial charge in [0.15, 0.2) is 0 Å². The maximum atomic E-state index is 13.0. The third-order valence-corrected chi connectivity index (χ3v) is 6.81. The Morgan fingerprint density at radius 3 is 2.44 bits per heavy atom. The Bertz CT molecular complexity index is 688. The molecule has 25 heavy (non-hydrogen) atoms. The molecule has 0 aliphatic carbocycles. The molecule has 2 aliphatic rings. The number of hydrogen-bond donors (Lipinski definition) is 0. The number of morpholine rings is 1. The van der Waals surface area contributed by atoms with Crippen LogP contribution in [0, 0.1) is 5.92 Å². The van der Waals surface area contributed by atoms with Gasteiger partial charge in [-0.1, -0.05) is 30.3 Å². The van der Waals surface area contributed by atoms with Crippen molar-refractivity contribution < 1.29 is 22.7 Å². The molecule has 0 aromatic heterocycles. The zero-order chi connectivity index (χ0) is 17.9. The van der Waals surface area contributed by atoms with Gasteiger partial charge in [0.25, 0.3) is 10.2 Å². The van der Waals surface area contributed by atoms with Crippen LogP contribution < -0.4 is 0 Å². The van der Waals surface area contributed by atoms with Gasteiger partial charge in [-0.05, 0) is 17.9 Å². The van der Waals surface area contributed by atoms with Crippen molar-refractivity contribution in [1.82, 2.24) is 8.61 Å². The van der Waals surface area contributed by atoms with E-state index in [1.807, 2.05) is 30.3 Å². The lowest BCUT2D eigenvalue weighted by Crippen LogP contribution is -2.53. The Hall–Kier alpha value is -1.48. The van der Waals surface area contributed by atoms with Crippen LogP contribution in [0.5, 0.6) is 0 Å². The molecule has 7 nitrogen and oxygen atoms in total. The summed E-state index contributed by atoms with van der Waals surface area (Å²) in [5.41, 5.74) is 1.04. The minimum absolute atomic E-state index is 0.0325. The van der Waals surface area contributed by atoms with Gasteiger partial charge in [-0.3, -0.25) is 4.79 Å². The first kappa shape index (κ1) is 18.3. The number of nitrogens with zero attached hydrogens (tertiary/aromatic N) is 2. The lowest BCUT2D eigenvalue weighted by molar-refractivity contribution is -0.146. The van der Waals surface area contributed by atoms with E-state index in [1.54, 1.807) is 0 Å². The largest absolute Gasteiger partial charge is 0.469 e. The highest BCUT2D eigenvalue weighted by Crippen LogP contribution is 2.33. The van der Waals surface area contributed by atoms with Crippen molar-refractivity contribution in [3.8, 4) is 0 Å². The molecular formula is C17H24N2O5S. The van der Waals surface area contributed by atoms with Crippen LogP contribution in [0.15, 0.2) is 30.3 Å². The molecule has 0 radical (unpaired) electrons. The number of rotatable bonds is 4. The number of ether oxygens (including phenoxy) is 2. The first-order valence-electron chi connectivity index (χ1n) is 8.48. The van der Waals surface area contributed by atoms with Crippen LogP contribution in [0.2, 0.25) is 0 Å². The fraction of sp³-hybridized carbons (Fsp3) is 0.588. The average molecular weight is 368 g/mol. The van der Waals surface area contributed by atoms with Gasteiger partial charge in [0, 0.05) is 26.2 Å². The first-order valence-corrected chi connectivity index (χ1v) is 9.88. The van der Waals surface area contributed by atoms with Crippen molar-refractivity contribution in [2.75, 3.05) is 46.5 Å². The standard InChI is InChI=1S/C17H24N2O5S/c1-23-17(20)16-11-15(14-5-3-2-4-6-14)12-19(13-16)25(21,22)18-7-9-24-10-8-18/h2-6,15-16H,7-13H2,1H3. The predicted octanol–water partition coefficient (Wildman–Crippen LogP) is 0.842. The van der Waals surface area contributed by atoms with Crippen LogP contribution in [0.1, 0.15) is 17.9 Å². The lowest BCUT2D eigenvalue weighted by Gasteiger charge is -2.39. The molecule has 2 heterocycles. The summed E-state index contributed by atoms with van der Waals surface area (Å²) in [5, 5.41) is 0. The van der Waals surface area contributed by atoms with Crippen molar-refractivity contribution in [1.29, 1.82) is 0 Å². The Kier molecular flexibility index (Phi) is 5.73. The number of carbonyl (C=O) groups excluding carboxylic acids is 1. The molecular weight excluding hydrogens is 344 g/mol. The molecule has 1 aromatic rings. The van der Waals surface area contributed by atoms with Gasteiger partial charge in [-0.25, -0.2) is 0 Å². The van der Waals surface area contributed by atoms with E-state index in [2.05, 4.69) is 0 Å². The van der Waals surface area contributed by atoms with Crippen molar-refractivity contribution in [3.63, 3.8) is 0 Å². The van der Waals surface area contributed by atoms with Crippen LogP contribution in [0.3, 0.4) is 0 Å². The van der Waals surface area contributed by atoms with Gasteiger partial charge in [0.1, 0.15) is 0 Å². The van der Waals surface area contributed by atoms with Gasteiger partial charge in [0.2, 0.25) is 0 Å². The number of carbonyl (C=O) groups is 1. The average Bonchev–Trinajstić information content (AvgIpc) is 2.68. The van der Waals surface area contributed by atoms with E-state index in [0.717, 1.165) is 5.56 Å². The fourth-order valence-electron chi connectivity index (χ4n) is 3.49. The molecule has 1 aromatic carbocycles. The molecule has 0 N–H and O–H groups in total. The van der Waals surface area contributed by atoms with Crippen LogP contribution in [0.25, 0.3) is 0 Å². The fourth-order valence-corrected chi connectivity index (χ4v) is 5.17. The molecule has 138 valence electrons. The summed E-state index contributed by atoms with van der Waals surface area (Å²) in [5.74, 6) is -0.850. The van der Waals surface area contributed by atoms with Crippen molar-refractivity contribution in [2.24, 2.45) is 5.92 Å². The minimum Gasteiger partial charge on any atom is -0.469 e. The second kappa shape index (κ2) is 7.82. The number of esters is 1. The highest BCUT2D eigenvalue weighted by Gasteiger charge is 2.40. The van der Waals surface area contributed by atoms with Gasteiger partial charge in [-0.15, -0.1) is 0 Å². The summed E-state index contributed by atoms with van der Waals surface area (Å²) in [6, 6.07) is 9.73. The quantitative estimate of drug-likeness (QED) is 0.736. The van der Waals surface area contributed by atoms with Crippen LogP contribution in [0.4, 0.5) is 0 Å². The molecule has 2 atom stereocenters. The molecule has 0 spiro atoms. The van der Waals surface area contributed by atoms with Gasteiger partial charge in [0.05, 0.1) is 26.2 Å². The molecule has 0 amide bonds. The van der Waals surface area contributed by atoms with E-state index in [0.29, 0.717) is 39.3 Å². The van der Waals surface area contributed by atoms with E-state index < -0.39 is 16.1 Å². The molecule has 3 rings (SSSR count). The van der Waals surface area contributed by atoms with Gasteiger partial charge in [-0.2, -0.15) is 17.0 Å². The smallest absolute Gasteiger partial charge is 0.310 e. The van der Waals surface area contributed by atoms with E-state index >= 15 is 0 Å². The topological polar surface area (TPSA) is 76.2 Å². The normalized spacial score (nSPS) is 26.3. The zero-order valence-electron chi connectivity index (χ0n) is 14.3. The number of methoxy groups -OCH3 is 1. The summed E-state index contributed by atoms with van der Waals surface area (Å²) < 4.78 is 39.0. The third-order valence-electron chi connectivity index (χ3n) is 4.85. The van der Waals surface area contributed by atoms with E-state index in [4.69, 9.17) is 9.47 Å². The van der Waals surface area contributed by atoms with Gasteiger partial charge < -0.3 is 9.47 Å². The SMILES string of the molecule is COC(=O)C1CC(c2ccccc2)CN(S(=O)(=O)N2CCOCC2)C1. The van der Waals surface area contributed by atoms with E-state index in [9.17, 15) is 13.2 Å². The van der Waals surface area contributed by atoms with Crippen molar-refractivity contribution in [2.45, 2.75) is 12.3 Å². The monoisotopic (exact) mass is 368 g/mol. The summed E-state index contributed by atoms with van der Waals surface area (Å²) >= 11 is 0. The van der Waals surface area contributed by atoms with Crippen LogP contribution >= 0.6 is 0 Å². The zero-order valence-corrected chi connectivity index (χ0v) is 15.2. The third kappa shape index (κ3) is 4.03. The lowest BCUT2D eigenvalue weighted by atomic mass is 9.85. The molecule has 8 heteroatoms. The second-order valence-electron chi connectivity index (χ2n) is 6.40. The molecule has 0 bridgehead atoms. The molecule has 2 unspecified atom stereocenters. The van der Waals surface area contributed by atoms with Gasteiger partial charge >= 0.3 is 5.97 Å². The second-order valence-corrected chi connectivity index (χ2v) is 8.33. The Morgan fingerprint density at radius 2 is 1.80 bits per heavy atom. The van der Waals surface area contributed by atoms with E-state index in [1.165, 1.54) is 15.7 Å². The Morgan fingerprint density at radius 1 is 1.12 bits per heavy atom. The first-order chi connectivity index (χ1) is 12.0. The molecule has 0 saturated carbocycles. The summed E-state index contributed by atoms with van der Waals surface area (Å²) in [7, 11) is -2.28. The Balaban J connectivity index is 1.85. The molecule has 2 saturated heterocycles. The van der Waals surface area contributed by atoms with Crippen molar-refractivity contribution in [3.05, 3.63) is 35.9 Å². The number of hydrogen-bond acceptors (Lipinski definition) is 5.